The van der Waals surface area contributed by atoms with E-state index < -0.39 is 0 Å². The molecule has 0 amide bonds. The Balaban J connectivity index is 1.53. The van der Waals surface area contributed by atoms with Crippen molar-refractivity contribution in [1.29, 1.82) is 0 Å². The van der Waals surface area contributed by atoms with Crippen LogP contribution >= 0.6 is 0 Å². The number of rotatable bonds is 9. The number of nitrogens with one attached hydrogen (secondary N) is 2. The summed E-state index contributed by atoms with van der Waals surface area (Å²) in [6.07, 6.45) is 6.28. The normalized spacial score (nSPS) is 11.1. The number of ether oxygens (including phenoxy) is 1. The lowest BCUT2D eigenvalue weighted by Gasteiger charge is -2.12. The number of hydrogen-bond donors (Lipinski definition) is 2. The molecule has 8 heteroatoms. The Kier molecular flexibility index (Phi) is 6.26. The summed E-state index contributed by atoms with van der Waals surface area (Å²) in [6.45, 7) is 5.56. The molecule has 0 aliphatic carbocycles. The minimum absolute atomic E-state index is 0.248. The monoisotopic (exact) mass is 417 g/mol. The molecule has 160 valence electrons. The number of pyridine rings is 1. The Bertz CT molecular complexity index is 1120. The van der Waals surface area contributed by atoms with Gasteiger partial charge in [-0.25, -0.2) is 4.98 Å². The Labute approximate surface area is 181 Å². The van der Waals surface area contributed by atoms with Gasteiger partial charge >= 0.3 is 0 Å². The van der Waals surface area contributed by atoms with Crippen LogP contribution in [0, 0.1) is 0 Å². The second-order valence-corrected chi connectivity index (χ2v) is 7.55. The fraction of sp³-hybridized carbons (Fsp3) is 0.304. The van der Waals surface area contributed by atoms with Gasteiger partial charge in [0.2, 0.25) is 5.95 Å². The molecule has 31 heavy (non-hydrogen) atoms. The van der Waals surface area contributed by atoms with Crippen molar-refractivity contribution in [1.82, 2.24) is 24.5 Å². The molecule has 0 fully saturated rings. The van der Waals surface area contributed by atoms with Gasteiger partial charge in [0.05, 0.1) is 13.4 Å². The maximum atomic E-state index is 5.23. The fourth-order valence-electron chi connectivity index (χ4n) is 3.30. The maximum Gasteiger partial charge on any atom is 0.227 e. The molecule has 0 atom stereocenters. The van der Waals surface area contributed by atoms with Crippen molar-refractivity contribution < 1.29 is 4.74 Å². The topological polar surface area (TPSA) is 89.8 Å². The minimum atomic E-state index is 0.248. The highest BCUT2D eigenvalue weighted by Crippen LogP contribution is 2.23. The number of imidazole rings is 1. The van der Waals surface area contributed by atoms with E-state index in [9.17, 15) is 0 Å². The molecule has 0 unspecified atom stereocenters. The standard InChI is InChI=1S/C23H27N7O/c1-16(2)30-15-27-20-21(25-12-10-17-6-8-19(31-3)9-7-17)28-23(29-22(20)30)26-14-18-5-4-11-24-13-18/h4-9,11,13,15-16H,10,12,14H2,1-3H3,(H2,25,26,28,29). The van der Waals surface area contributed by atoms with Crippen molar-refractivity contribution in [3.8, 4) is 5.75 Å². The molecule has 1 aromatic carbocycles. The van der Waals surface area contributed by atoms with Crippen LogP contribution in [-0.2, 0) is 13.0 Å². The lowest BCUT2D eigenvalue weighted by atomic mass is 10.1. The summed E-state index contributed by atoms with van der Waals surface area (Å²) < 4.78 is 7.28. The molecule has 0 aliphatic heterocycles. The van der Waals surface area contributed by atoms with Gasteiger partial charge in [0, 0.05) is 31.5 Å². The first kappa shape index (κ1) is 20.6. The van der Waals surface area contributed by atoms with Gasteiger partial charge < -0.3 is 19.9 Å². The largest absolute Gasteiger partial charge is 0.497 e. The summed E-state index contributed by atoms with van der Waals surface area (Å²) in [4.78, 5) is 18.1. The van der Waals surface area contributed by atoms with E-state index in [-0.39, 0.29) is 6.04 Å². The van der Waals surface area contributed by atoms with Crippen LogP contribution in [-0.4, -0.2) is 38.2 Å². The summed E-state index contributed by atoms with van der Waals surface area (Å²) in [5.74, 6) is 2.15. The molecule has 0 saturated heterocycles. The smallest absolute Gasteiger partial charge is 0.227 e. The van der Waals surface area contributed by atoms with Crippen molar-refractivity contribution >= 4 is 22.9 Å². The van der Waals surface area contributed by atoms with Crippen LogP contribution < -0.4 is 15.4 Å². The molecule has 0 aliphatic rings. The van der Waals surface area contributed by atoms with Crippen molar-refractivity contribution in [2.24, 2.45) is 0 Å². The fourth-order valence-corrected chi connectivity index (χ4v) is 3.30. The molecule has 3 heterocycles. The molecule has 0 saturated carbocycles. The zero-order valence-electron chi connectivity index (χ0n) is 18.0. The van der Waals surface area contributed by atoms with Crippen LogP contribution in [0.25, 0.3) is 11.2 Å². The molecule has 0 spiro atoms. The summed E-state index contributed by atoms with van der Waals surface area (Å²) in [7, 11) is 1.67. The Morgan fingerprint density at radius 1 is 1.03 bits per heavy atom. The Hall–Kier alpha value is -3.68. The summed E-state index contributed by atoms with van der Waals surface area (Å²) in [5.41, 5.74) is 3.87. The van der Waals surface area contributed by atoms with Crippen LogP contribution in [0.3, 0.4) is 0 Å². The number of anilines is 2. The van der Waals surface area contributed by atoms with Crippen LogP contribution in [0.15, 0.2) is 55.1 Å². The SMILES string of the molecule is COc1ccc(CCNc2nc(NCc3cccnc3)nc3c2ncn3C(C)C)cc1. The van der Waals surface area contributed by atoms with E-state index in [0.717, 1.165) is 41.3 Å². The first-order chi connectivity index (χ1) is 15.1. The lowest BCUT2D eigenvalue weighted by Crippen LogP contribution is -2.11. The first-order valence-corrected chi connectivity index (χ1v) is 10.4. The molecule has 0 radical (unpaired) electrons. The molecule has 8 nitrogen and oxygen atoms in total. The van der Waals surface area contributed by atoms with Crippen molar-refractivity contribution in [3.63, 3.8) is 0 Å². The summed E-state index contributed by atoms with van der Waals surface area (Å²) in [5, 5.41) is 6.76. The first-order valence-electron chi connectivity index (χ1n) is 10.4. The third-order valence-corrected chi connectivity index (χ3v) is 5.02. The minimum Gasteiger partial charge on any atom is -0.497 e. The molecule has 2 N–H and O–H groups in total. The average molecular weight is 418 g/mol. The van der Waals surface area contributed by atoms with E-state index >= 15 is 0 Å². The maximum absolute atomic E-state index is 5.23. The van der Waals surface area contributed by atoms with Crippen LogP contribution in [0.5, 0.6) is 5.75 Å². The van der Waals surface area contributed by atoms with E-state index in [1.807, 2.05) is 36.8 Å². The number of hydrogen-bond acceptors (Lipinski definition) is 7. The third-order valence-electron chi connectivity index (χ3n) is 5.02. The average Bonchev–Trinajstić information content (AvgIpc) is 3.23. The Morgan fingerprint density at radius 3 is 2.58 bits per heavy atom. The summed E-state index contributed by atoms with van der Waals surface area (Å²) >= 11 is 0. The van der Waals surface area contributed by atoms with Crippen LogP contribution in [0.2, 0.25) is 0 Å². The van der Waals surface area contributed by atoms with Gasteiger partial charge in [-0.3, -0.25) is 4.98 Å². The number of aromatic nitrogens is 5. The number of benzene rings is 1. The van der Waals surface area contributed by atoms with E-state index in [1.54, 1.807) is 13.3 Å². The van der Waals surface area contributed by atoms with E-state index in [4.69, 9.17) is 14.7 Å². The van der Waals surface area contributed by atoms with Crippen LogP contribution in [0.1, 0.15) is 31.0 Å². The highest BCUT2D eigenvalue weighted by atomic mass is 16.5. The highest BCUT2D eigenvalue weighted by Gasteiger charge is 2.15. The predicted molar refractivity (Wildman–Crippen MR) is 122 cm³/mol. The predicted octanol–water partition coefficient (Wildman–Crippen LogP) is 4.08. The molecule has 4 rings (SSSR count). The molecular weight excluding hydrogens is 390 g/mol. The van der Waals surface area contributed by atoms with Gasteiger partial charge in [0.25, 0.3) is 0 Å². The van der Waals surface area contributed by atoms with Crippen molar-refractivity contribution in [2.75, 3.05) is 24.3 Å². The van der Waals surface area contributed by atoms with Gasteiger partial charge in [-0.15, -0.1) is 0 Å². The van der Waals surface area contributed by atoms with Gasteiger partial charge in [0.1, 0.15) is 5.75 Å². The third kappa shape index (κ3) is 4.91. The van der Waals surface area contributed by atoms with E-state index in [0.29, 0.717) is 12.5 Å². The lowest BCUT2D eigenvalue weighted by molar-refractivity contribution is 0.414. The van der Waals surface area contributed by atoms with Gasteiger partial charge in [-0.1, -0.05) is 18.2 Å². The van der Waals surface area contributed by atoms with Gasteiger partial charge in [0.15, 0.2) is 17.0 Å². The number of nitrogens with zero attached hydrogens (tertiary/aromatic N) is 5. The van der Waals surface area contributed by atoms with E-state index in [1.165, 1.54) is 5.56 Å². The molecule has 0 bridgehead atoms. The van der Waals surface area contributed by atoms with Gasteiger partial charge in [-0.05, 0) is 49.6 Å². The zero-order valence-corrected chi connectivity index (χ0v) is 18.0. The van der Waals surface area contributed by atoms with Crippen molar-refractivity contribution in [3.05, 3.63) is 66.2 Å². The summed E-state index contributed by atoms with van der Waals surface area (Å²) in [6, 6.07) is 12.3. The second-order valence-electron chi connectivity index (χ2n) is 7.55. The zero-order chi connectivity index (χ0) is 21.6. The van der Waals surface area contributed by atoms with Gasteiger partial charge in [-0.2, -0.15) is 9.97 Å². The van der Waals surface area contributed by atoms with Crippen LogP contribution in [0.4, 0.5) is 11.8 Å². The number of methoxy groups -OCH3 is 1. The highest BCUT2D eigenvalue weighted by molar-refractivity contribution is 5.84. The van der Waals surface area contributed by atoms with Crippen molar-refractivity contribution in [2.45, 2.75) is 32.9 Å². The number of fused-ring (bicyclic) bond motifs is 1. The quantitative estimate of drug-likeness (QED) is 0.424. The molecular formula is C23H27N7O. The molecule has 4 aromatic rings. The Morgan fingerprint density at radius 2 is 1.87 bits per heavy atom. The van der Waals surface area contributed by atoms with E-state index in [2.05, 4.69) is 51.1 Å². The second kappa shape index (κ2) is 9.42. The molecule has 3 aromatic heterocycles.